The Morgan fingerprint density at radius 1 is 1.04 bits per heavy atom. The number of anilines is 1. The molecule has 1 saturated carbocycles. The Bertz CT molecular complexity index is 870. The lowest BCUT2D eigenvalue weighted by molar-refractivity contribution is -0.125. The normalized spacial score (nSPS) is 19.7. The molecular weight excluding hydrogens is 356 g/mol. The van der Waals surface area contributed by atoms with Gasteiger partial charge in [-0.1, -0.05) is 29.8 Å². The maximum absolute atomic E-state index is 12.3. The Balaban J connectivity index is 1.29. The minimum atomic E-state index is -0.313. The molecule has 134 valence electrons. The lowest BCUT2D eigenvalue weighted by Gasteiger charge is -2.08. The topological polar surface area (TPSA) is 76.7 Å². The van der Waals surface area contributed by atoms with Crippen LogP contribution < -0.4 is 20.1 Å². The second-order valence-corrected chi connectivity index (χ2v) is 6.72. The van der Waals surface area contributed by atoms with E-state index < -0.39 is 0 Å². The fourth-order valence-electron chi connectivity index (χ4n) is 2.94. The van der Waals surface area contributed by atoms with E-state index in [4.69, 9.17) is 21.1 Å². The summed E-state index contributed by atoms with van der Waals surface area (Å²) in [5.41, 5.74) is 1.48. The Morgan fingerprint density at radius 2 is 1.81 bits per heavy atom. The SMILES string of the molecule is O=C(NCc1ccccc1Cl)C1CC1C(=O)Nc1ccc2c(c1)OCO2. The van der Waals surface area contributed by atoms with E-state index in [0.29, 0.717) is 35.2 Å². The van der Waals surface area contributed by atoms with E-state index in [9.17, 15) is 9.59 Å². The third kappa shape index (κ3) is 3.46. The molecule has 26 heavy (non-hydrogen) atoms. The molecule has 4 rings (SSSR count). The fraction of sp³-hybridized carbons (Fsp3) is 0.263. The van der Waals surface area contributed by atoms with Crippen molar-refractivity contribution in [1.82, 2.24) is 5.32 Å². The lowest BCUT2D eigenvalue weighted by atomic mass is 10.2. The Labute approximate surface area is 155 Å². The average Bonchev–Trinajstić information content (AvgIpc) is 3.32. The zero-order valence-electron chi connectivity index (χ0n) is 13.8. The van der Waals surface area contributed by atoms with Crippen molar-refractivity contribution in [2.45, 2.75) is 13.0 Å². The number of carbonyl (C=O) groups excluding carboxylic acids is 2. The summed E-state index contributed by atoms with van der Waals surface area (Å²) < 4.78 is 10.5. The number of hydrogen-bond acceptors (Lipinski definition) is 4. The van der Waals surface area contributed by atoms with Crippen LogP contribution in [0.25, 0.3) is 0 Å². The van der Waals surface area contributed by atoms with Gasteiger partial charge in [0.2, 0.25) is 18.6 Å². The molecule has 2 N–H and O–H groups in total. The number of rotatable bonds is 5. The van der Waals surface area contributed by atoms with Gasteiger partial charge in [0.25, 0.3) is 0 Å². The standard InChI is InChI=1S/C19H17ClN2O4/c20-15-4-2-1-3-11(15)9-21-18(23)13-8-14(13)19(24)22-12-5-6-16-17(7-12)26-10-25-16/h1-7,13-14H,8-10H2,(H,21,23)(H,22,24). The summed E-state index contributed by atoms with van der Waals surface area (Å²) >= 11 is 6.08. The largest absolute Gasteiger partial charge is 0.454 e. The van der Waals surface area contributed by atoms with Gasteiger partial charge in [0.15, 0.2) is 11.5 Å². The molecule has 1 aliphatic carbocycles. The number of ether oxygens (including phenoxy) is 2. The molecule has 0 spiro atoms. The quantitative estimate of drug-likeness (QED) is 0.846. The van der Waals surface area contributed by atoms with Crippen LogP contribution in [0.4, 0.5) is 5.69 Å². The maximum Gasteiger partial charge on any atom is 0.231 e. The molecule has 2 atom stereocenters. The monoisotopic (exact) mass is 372 g/mol. The van der Waals surface area contributed by atoms with Crippen molar-refractivity contribution < 1.29 is 19.1 Å². The van der Waals surface area contributed by atoms with Gasteiger partial charge in [-0.2, -0.15) is 0 Å². The zero-order valence-corrected chi connectivity index (χ0v) is 14.6. The fourth-order valence-corrected chi connectivity index (χ4v) is 3.14. The molecule has 0 saturated heterocycles. The minimum absolute atomic E-state index is 0.129. The summed E-state index contributed by atoms with van der Waals surface area (Å²) in [6.45, 7) is 0.536. The molecule has 1 aliphatic heterocycles. The van der Waals surface area contributed by atoms with Crippen LogP contribution in [0.15, 0.2) is 42.5 Å². The van der Waals surface area contributed by atoms with Crippen LogP contribution in [0.3, 0.4) is 0 Å². The van der Waals surface area contributed by atoms with Crippen LogP contribution in [0, 0.1) is 11.8 Å². The molecule has 2 aliphatic rings. The molecule has 0 radical (unpaired) electrons. The van der Waals surface area contributed by atoms with Crippen molar-refractivity contribution in [3.05, 3.63) is 53.1 Å². The summed E-state index contributed by atoms with van der Waals surface area (Å²) in [6, 6.07) is 12.6. The molecule has 2 aromatic carbocycles. The number of halogens is 1. The highest BCUT2D eigenvalue weighted by molar-refractivity contribution is 6.31. The van der Waals surface area contributed by atoms with Crippen LogP contribution in [-0.2, 0) is 16.1 Å². The van der Waals surface area contributed by atoms with Gasteiger partial charge in [-0.15, -0.1) is 0 Å². The lowest BCUT2D eigenvalue weighted by Crippen LogP contribution is -2.27. The van der Waals surface area contributed by atoms with Gasteiger partial charge in [0.1, 0.15) is 0 Å². The highest BCUT2D eigenvalue weighted by Gasteiger charge is 2.48. The first-order valence-electron chi connectivity index (χ1n) is 8.33. The van der Waals surface area contributed by atoms with Gasteiger partial charge < -0.3 is 20.1 Å². The van der Waals surface area contributed by atoms with Crippen molar-refractivity contribution in [3.8, 4) is 11.5 Å². The first-order chi connectivity index (χ1) is 12.6. The molecule has 0 bridgehead atoms. The smallest absolute Gasteiger partial charge is 0.231 e. The molecule has 2 amide bonds. The highest BCUT2D eigenvalue weighted by atomic mass is 35.5. The number of nitrogens with one attached hydrogen (secondary N) is 2. The Hall–Kier alpha value is -2.73. The predicted molar refractivity (Wildman–Crippen MR) is 96.1 cm³/mol. The summed E-state index contributed by atoms with van der Waals surface area (Å²) in [6.07, 6.45) is 0.546. The molecule has 1 fully saturated rings. The van der Waals surface area contributed by atoms with E-state index in [1.807, 2.05) is 18.2 Å². The van der Waals surface area contributed by atoms with E-state index >= 15 is 0 Å². The van der Waals surface area contributed by atoms with Crippen molar-refractivity contribution in [2.75, 3.05) is 12.1 Å². The molecule has 6 nitrogen and oxygen atoms in total. The zero-order chi connectivity index (χ0) is 18.1. The Kier molecular flexibility index (Phi) is 4.42. The van der Waals surface area contributed by atoms with Crippen LogP contribution in [0.1, 0.15) is 12.0 Å². The van der Waals surface area contributed by atoms with Gasteiger partial charge in [0.05, 0.1) is 11.8 Å². The van der Waals surface area contributed by atoms with Gasteiger partial charge in [-0.25, -0.2) is 0 Å². The first-order valence-corrected chi connectivity index (χ1v) is 8.71. The highest BCUT2D eigenvalue weighted by Crippen LogP contribution is 2.40. The van der Waals surface area contributed by atoms with Gasteiger partial charge in [-0.05, 0) is 30.2 Å². The average molecular weight is 373 g/mol. The number of amides is 2. The predicted octanol–water partition coefficient (Wildman–Crippen LogP) is 2.96. The number of fused-ring (bicyclic) bond motifs is 1. The van der Waals surface area contributed by atoms with Gasteiger partial charge in [0, 0.05) is 23.3 Å². The van der Waals surface area contributed by atoms with Crippen LogP contribution in [0.2, 0.25) is 5.02 Å². The third-order valence-corrected chi connectivity index (χ3v) is 4.88. The molecular formula is C19H17ClN2O4. The van der Waals surface area contributed by atoms with Gasteiger partial charge >= 0.3 is 0 Å². The Morgan fingerprint density at radius 3 is 2.65 bits per heavy atom. The number of benzene rings is 2. The van der Waals surface area contributed by atoms with Crippen molar-refractivity contribution >= 4 is 29.1 Å². The molecule has 2 aromatic rings. The summed E-state index contributed by atoms with van der Waals surface area (Å²) in [5, 5.41) is 6.28. The number of carbonyl (C=O) groups is 2. The summed E-state index contributed by atoms with van der Waals surface area (Å²) in [5.74, 6) is 0.356. The molecule has 2 unspecified atom stereocenters. The van der Waals surface area contributed by atoms with Crippen molar-refractivity contribution in [1.29, 1.82) is 0 Å². The van der Waals surface area contributed by atoms with Crippen LogP contribution >= 0.6 is 11.6 Å². The van der Waals surface area contributed by atoms with Crippen LogP contribution in [0.5, 0.6) is 11.5 Å². The molecule has 1 heterocycles. The van der Waals surface area contributed by atoms with E-state index in [-0.39, 0.29) is 30.4 Å². The summed E-state index contributed by atoms with van der Waals surface area (Å²) in [4.78, 5) is 24.6. The second kappa shape index (κ2) is 6.88. The summed E-state index contributed by atoms with van der Waals surface area (Å²) in [7, 11) is 0. The van der Waals surface area contributed by atoms with E-state index in [0.717, 1.165) is 5.56 Å². The molecule has 7 heteroatoms. The third-order valence-electron chi connectivity index (χ3n) is 4.51. The van der Waals surface area contributed by atoms with E-state index in [1.165, 1.54) is 0 Å². The van der Waals surface area contributed by atoms with E-state index in [1.54, 1.807) is 24.3 Å². The van der Waals surface area contributed by atoms with Crippen molar-refractivity contribution in [3.63, 3.8) is 0 Å². The first kappa shape index (κ1) is 16.7. The number of hydrogen-bond donors (Lipinski definition) is 2. The molecule has 0 aromatic heterocycles. The second-order valence-electron chi connectivity index (χ2n) is 6.32. The van der Waals surface area contributed by atoms with Gasteiger partial charge in [-0.3, -0.25) is 9.59 Å². The maximum atomic E-state index is 12.3. The van der Waals surface area contributed by atoms with E-state index in [2.05, 4.69) is 10.6 Å². The van der Waals surface area contributed by atoms with Crippen molar-refractivity contribution in [2.24, 2.45) is 11.8 Å². The van der Waals surface area contributed by atoms with Crippen LogP contribution in [-0.4, -0.2) is 18.6 Å². The minimum Gasteiger partial charge on any atom is -0.454 e.